The topological polar surface area (TPSA) is 82.1 Å². The zero-order chi connectivity index (χ0) is 21.6. The van der Waals surface area contributed by atoms with Gasteiger partial charge in [-0.05, 0) is 55.3 Å². The Labute approximate surface area is 172 Å². The van der Waals surface area contributed by atoms with Gasteiger partial charge >= 0.3 is 10.1 Å². The Bertz CT molecular complexity index is 940. The lowest BCUT2D eigenvalue weighted by Gasteiger charge is -2.29. The zero-order valence-electron chi connectivity index (χ0n) is 17.3. The molecule has 29 heavy (non-hydrogen) atoms. The van der Waals surface area contributed by atoms with E-state index >= 15 is 0 Å². The van der Waals surface area contributed by atoms with Crippen molar-refractivity contribution in [2.45, 2.75) is 32.9 Å². The molecule has 0 aliphatic carbocycles. The number of hydrogen-bond donors (Lipinski definition) is 0. The van der Waals surface area contributed by atoms with Gasteiger partial charge in [0.1, 0.15) is 5.75 Å². The van der Waals surface area contributed by atoms with E-state index in [-0.39, 0.29) is 17.7 Å². The van der Waals surface area contributed by atoms with E-state index in [4.69, 9.17) is 13.7 Å². The van der Waals surface area contributed by atoms with E-state index in [0.29, 0.717) is 23.6 Å². The minimum Gasteiger partial charge on any atom is -0.497 e. The minimum atomic E-state index is -3.71. The van der Waals surface area contributed by atoms with Crippen LogP contribution in [0.1, 0.15) is 36.2 Å². The third-order valence-electron chi connectivity index (χ3n) is 4.54. The fourth-order valence-electron chi connectivity index (χ4n) is 2.79. The molecule has 2 aromatic rings. The Kier molecular flexibility index (Phi) is 7.50. The number of hydrogen-bond acceptors (Lipinski definition) is 6. The summed E-state index contributed by atoms with van der Waals surface area (Å²) in [6, 6.07) is 11.9. The highest BCUT2D eigenvalue weighted by Crippen LogP contribution is 2.30. The van der Waals surface area contributed by atoms with Crippen molar-refractivity contribution in [2.24, 2.45) is 0 Å². The standard InChI is InChI=1S/C21H27NO6S/c1-6-15(2)22(21(23)17-8-10-18(26-3)11-9-17)14-16-7-12-19(27-4)20(13-16)28-29(5,24)25/h7-13,15H,6,14H2,1-5H3. The Morgan fingerprint density at radius 2 is 1.69 bits per heavy atom. The summed E-state index contributed by atoms with van der Waals surface area (Å²) < 4.78 is 38.5. The lowest BCUT2D eigenvalue weighted by Crippen LogP contribution is -2.37. The molecule has 2 aromatic carbocycles. The molecule has 0 aliphatic rings. The number of amides is 1. The van der Waals surface area contributed by atoms with E-state index in [9.17, 15) is 13.2 Å². The van der Waals surface area contributed by atoms with Crippen LogP contribution >= 0.6 is 0 Å². The first-order valence-electron chi connectivity index (χ1n) is 9.19. The molecule has 1 atom stereocenters. The molecule has 0 spiro atoms. The third kappa shape index (κ3) is 6.12. The quantitative estimate of drug-likeness (QED) is 0.577. The molecule has 0 aromatic heterocycles. The van der Waals surface area contributed by atoms with E-state index in [2.05, 4.69) is 0 Å². The van der Waals surface area contributed by atoms with Gasteiger partial charge in [-0.2, -0.15) is 8.42 Å². The second-order valence-electron chi connectivity index (χ2n) is 6.69. The van der Waals surface area contributed by atoms with Gasteiger partial charge in [0.25, 0.3) is 5.91 Å². The second-order valence-corrected chi connectivity index (χ2v) is 8.27. The molecular formula is C21H27NO6S. The van der Waals surface area contributed by atoms with Gasteiger partial charge < -0.3 is 18.6 Å². The Morgan fingerprint density at radius 3 is 2.21 bits per heavy atom. The van der Waals surface area contributed by atoms with Gasteiger partial charge in [0.2, 0.25) is 0 Å². The van der Waals surface area contributed by atoms with Crippen molar-refractivity contribution >= 4 is 16.0 Å². The highest BCUT2D eigenvalue weighted by molar-refractivity contribution is 7.86. The molecule has 0 N–H and O–H groups in total. The van der Waals surface area contributed by atoms with Gasteiger partial charge in [-0.3, -0.25) is 4.79 Å². The van der Waals surface area contributed by atoms with E-state index in [0.717, 1.165) is 18.2 Å². The van der Waals surface area contributed by atoms with Gasteiger partial charge in [0.15, 0.2) is 11.5 Å². The molecule has 0 saturated carbocycles. The SMILES string of the molecule is CCC(C)N(Cc1ccc(OC)c(OS(C)(=O)=O)c1)C(=O)c1ccc(OC)cc1. The molecular weight excluding hydrogens is 394 g/mol. The largest absolute Gasteiger partial charge is 0.497 e. The molecule has 0 heterocycles. The fourth-order valence-corrected chi connectivity index (χ4v) is 3.25. The molecule has 0 radical (unpaired) electrons. The van der Waals surface area contributed by atoms with Gasteiger partial charge in [0.05, 0.1) is 20.5 Å². The van der Waals surface area contributed by atoms with Crippen LogP contribution in [0, 0.1) is 0 Å². The first kappa shape index (κ1) is 22.5. The fraction of sp³-hybridized carbons (Fsp3) is 0.381. The number of carbonyl (C=O) groups is 1. The predicted octanol–water partition coefficient (Wildman–Crippen LogP) is 3.48. The monoisotopic (exact) mass is 421 g/mol. The average molecular weight is 422 g/mol. The van der Waals surface area contributed by atoms with E-state index in [1.54, 1.807) is 54.5 Å². The van der Waals surface area contributed by atoms with Gasteiger partial charge in [-0.25, -0.2) is 0 Å². The molecule has 2 rings (SSSR count). The summed E-state index contributed by atoms with van der Waals surface area (Å²) in [5.74, 6) is 0.946. The number of benzene rings is 2. The zero-order valence-corrected chi connectivity index (χ0v) is 18.2. The minimum absolute atomic E-state index is 0.0222. The molecule has 8 heteroatoms. The summed E-state index contributed by atoms with van der Waals surface area (Å²) in [5.41, 5.74) is 1.28. The van der Waals surface area contributed by atoms with Crippen molar-refractivity contribution in [3.05, 3.63) is 53.6 Å². The molecule has 1 unspecified atom stereocenters. The van der Waals surface area contributed by atoms with Crippen LogP contribution in [0.3, 0.4) is 0 Å². The summed E-state index contributed by atoms with van der Waals surface area (Å²) >= 11 is 0. The summed E-state index contributed by atoms with van der Waals surface area (Å²) in [6.45, 7) is 4.27. The molecule has 7 nitrogen and oxygen atoms in total. The average Bonchev–Trinajstić information content (AvgIpc) is 2.70. The van der Waals surface area contributed by atoms with Crippen LogP contribution in [0.5, 0.6) is 17.2 Å². The third-order valence-corrected chi connectivity index (χ3v) is 5.03. The molecule has 0 saturated heterocycles. The maximum absolute atomic E-state index is 13.1. The molecule has 158 valence electrons. The van der Waals surface area contributed by atoms with Crippen LogP contribution < -0.4 is 13.7 Å². The van der Waals surface area contributed by atoms with Crippen LogP contribution in [-0.2, 0) is 16.7 Å². The number of ether oxygens (including phenoxy) is 2. The maximum Gasteiger partial charge on any atom is 0.306 e. The first-order chi connectivity index (χ1) is 13.7. The highest BCUT2D eigenvalue weighted by Gasteiger charge is 2.22. The molecule has 0 aliphatic heterocycles. The highest BCUT2D eigenvalue weighted by atomic mass is 32.2. The Morgan fingerprint density at radius 1 is 1.03 bits per heavy atom. The maximum atomic E-state index is 13.1. The predicted molar refractivity (Wildman–Crippen MR) is 111 cm³/mol. The summed E-state index contributed by atoms with van der Waals surface area (Å²) in [5, 5.41) is 0. The van der Waals surface area contributed by atoms with Crippen LogP contribution in [-0.4, -0.2) is 45.7 Å². The molecule has 0 fully saturated rings. The van der Waals surface area contributed by atoms with E-state index < -0.39 is 10.1 Å². The van der Waals surface area contributed by atoms with E-state index in [1.165, 1.54) is 7.11 Å². The Balaban J connectivity index is 2.34. The van der Waals surface area contributed by atoms with Gasteiger partial charge in [0, 0.05) is 18.2 Å². The number of carbonyl (C=O) groups excluding carboxylic acids is 1. The summed E-state index contributed by atoms with van der Waals surface area (Å²) in [7, 11) is -0.709. The van der Waals surface area contributed by atoms with Crippen LogP contribution in [0.2, 0.25) is 0 Å². The second kappa shape index (κ2) is 9.65. The number of nitrogens with zero attached hydrogens (tertiary/aromatic N) is 1. The van der Waals surface area contributed by atoms with Crippen molar-refractivity contribution in [3.63, 3.8) is 0 Å². The first-order valence-corrected chi connectivity index (χ1v) is 11.0. The van der Waals surface area contributed by atoms with E-state index in [1.807, 2.05) is 13.8 Å². The van der Waals surface area contributed by atoms with Crippen LogP contribution in [0.15, 0.2) is 42.5 Å². The number of rotatable bonds is 9. The lowest BCUT2D eigenvalue weighted by atomic mass is 10.1. The van der Waals surface area contributed by atoms with Crippen molar-refractivity contribution in [2.75, 3.05) is 20.5 Å². The Hall–Kier alpha value is -2.74. The van der Waals surface area contributed by atoms with Crippen molar-refractivity contribution < 1.29 is 26.9 Å². The van der Waals surface area contributed by atoms with Crippen molar-refractivity contribution in [3.8, 4) is 17.2 Å². The smallest absolute Gasteiger partial charge is 0.306 e. The number of methoxy groups -OCH3 is 2. The lowest BCUT2D eigenvalue weighted by molar-refractivity contribution is 0.0671. The molecule has 0 bridgehead atoms. The van der Waals surface area contributed by atoms with Crippen molar-refractivity contribution in [1.29, 1.82) is 0 Å². The van der Waals surface area contributed by atoms with Crippen molar-refractivity contribution in [1.82, 2.24) is 4.90 Å². The van der Waals surface area contributed by atoms with Crippen LogP contribution in [0.25, 0.3) is 0 Å². The summed E-state index contributed by atoms with van der Waals surface area (Å²) in [4.78, 5) is 14.9. The molecule has 1 amide bonds. The van der Waals surface area contributed by atoms with Gasteiger partial charge in [-0.15, -0.1) is 0 Å². The summed E-state index contributed by atoms with van der Waals surface area (Å²) in [6.07, 6.45) is 1.74. The van der Waals surface area contributed by atoms with Gasteiger partial charge in [-0.1, -0.05) is 13.0 Å². The normalized spacial score (nSPS) is 12.2. The van der Waals surface area contributed by atoms with Crippen LogP contribution in [0.4, 0.5) is 0 Å².